The van der Waals surface area contributed by atoms with Crippen LogP contribution in [0.4, 0.5) is 5.69 Å². The number of aryl methyl sites for hydroxylation is 1. The second-order valence-corrected chi connectivity index (χ2v) is 5.49. The third-order valence-corrected chi connectivity index (χ3v) is 3.64. The van der Waals surface area contributed by atoms with Crippen molar-refractivity contribution in [2.45, 2.75) is 13.3 Å². The maximum Gasteiger partial charge on any atom is 0.338 e. The van der Waals surface area contributed by atoms with E-state index < -0.39 is 5.97 Å². The second kappa shape index (κ2) is 7.58. The number of Topliss-reactive ketones (excluding diaryl/α,β-unsaturated/α-hetero) is 1. The zero-order chi connectivity index (χ0) is 16.8. The highest BCUT2D eigenvalue weighted by Crippen LogP contribution is 2.13. The van der Waals surface area contributed by atoms with Gasteiger partial charge in [0.25, 0.3) is 0 Å². The first kappa shape index (κ1) is 16.7. The first-order chi connectivity index (χ1) is 11.0. The summed E-state index contributed by atoms with van der Waals surface area (Å²) in [5.74, 6) is -0.695. The van der Waals surface area contributed by atoms with Gasteiger partial charge < -0.3 is 9.64 Å². The number of rotatable bonds is 6. The van der Waals surface area contributed by atoms with Crippen LogP contribution in [0.25, 0.3) is 0 Å². The third-order valence-electron chi connectivity index (χ3n) is 3.64. The average Bonchev–Trinajstić information content (AvgIpc) is 2.59. The molecule has 0 amide bonds. The molecule has 0 aliphatic heterocycles. The first-order valence-electron chi connectivity index (χ1n) is 7.58. The van der Waals surface area contributed by atoms with Gasteiger partial charge in [-0.25, -0.2) is 4.79 Å². The van der Waals surface area contributed by atoms with E-state index in [1.54, 1.807) is 24.3 Å². The topological polar surface area (TPSA) is 46.6 Å². The van der Waals surface area contributed by atoms with E-state index in [4.69, 9.17) is 4.74 Å². The summed E-state index contributed by atoms with van der Waals surface area (Å²) in [7, 11) is 3.85. The van der Waals surface area contributed by atoms with Gasteiger partial charge in [0.05, 0.1) is 5.56 Å². The molecule has 0 bridgehead atoms. The van der Waals surface area contributed by atoms with Gasteiger partial charge in [-0.3, -0.25) is 4.79 Å². The number of carbonyl (C=O) groups excluding carboxylic acids is 2. The molecule has 4 nitrogen and oxygen atoms in total. The van der Waals surface area contributed by atoms with Crippen LogP contribution in [-0.4, -0.2) is 32.5 Å². The second-order valence-electron chi connectivity index (χ2n) is 5.49. The Kier molecular flexibility index (Phi) is 5.52. The zero-order valence-electron chi connectivity index (χ0n) is 13.7. The van der Waals surface area contributed by atoms with E-state index in [0.717, 1.165) is 12.1 Å². The molecule has 0 unspecified atom stereocenters. The van der Waals surface area contributed by atoms with Crippen LogP contribution in [-0.2, 0) is 11.2 Å². The molecule has 0 aliphatic rings. The molecule has 0 N–H and O–H groups in total. The summed E-state index contributed by atoms with van der Waals surface area (Å²) in [6.45, 7) is 1.81. The standard InChI is InChI=1S/C19H21NO3/c1-4-14-5-7-15(8-6-14)18(21)13-23-19(22)16-9-11-17(12-10-16)20(2)3/h5-12H,4,13H2,1-3H3. The van der Waals surface area contributed by atoms with E-state index in [-0.39, 0.29) is 12.4 Å². The molecule has 0 saturated heterocycles. The van der Waals surface area contributed by atoms with Gasteiger partial charge in [-0.05, 0) is 36.2 Å². The number of benzene rings is 2. The Labute approximate surface area is 136 Å². The van der Waals surface area contributed by atoms with Gasteiger partial charge in [-0.15, -0.1) is 0 Å². The van der Waals surface area contributed by atoms with Crippen molar-refractivity contribution in [1.82, 2.24) is 0 Å². The van der Waals surface area contributed by atoms with Gasteiger partial charge in [0, 0.05) is 25.3 Å². The fourth-order valence-corrected chi connectivity index (χ4v) is 2.12. The minimum atomic E-state index is -0.492. The van der Waals surface area contributed by atoms with Gasteiger partial charge in [0.15, 0.2) is 12.4 Å². The maximum absolute atomic E-state index is 12.0. The largest absolute Gasteiger partial charge is 0.454 e. The predicted molar refractivity (Wildman–Crippen MR) is 91.2 cm³/mol. The summed E-state index contributed by atoms with van der Waals surface area (Å²) in [5, 5.41) is 0. The van der Waals surface area contributed by atoms with Crippen molar-refractivity contribution >= 4 is 17.4 Å². The maximum atomic E-state index is 12.0. The molecule has 0 saturated carbocycles. The molecule has 4 heteroatoms. The van der Waals surface area contributed by atoms with Crippen molar-refractivity contribution in [1.29, 1.82) is 0 Å². The van der Waals surface area contributed by atoms with E-state index in [9.17, 15) is 9.59 Å². The lowest BCUT2D eigenvalue weighted by molar-refractivity contribution is 0.0475. The fraction of sp³-hybridized carbons (Fsp3) is 0.263. The Morgan fingerprint density at radius 3 is 2.00 bits per heavy atom. The molecule has 2 aromatic carbocycles. The highest BCUT2D eigenvalue weighted by Gasteiger charge is 2.12. The Morgan fingerprint density at radius 1 is 0.913 bits per heavy atom. The monoisotopic (exact) mass is 311 g/mol. The molecule has 0 atom stereocenters. The van der Waals surface area contributed by atoms with E-state index in [1.807, 2.05) is 43.3 Å². The number of carbonyl (C=O) groups is 2. The summed E-state index contributed by atoms with van der Waals surface area (Å²) in [6.07, 6.45) is 0.923. The molecule has 2 rings (SSSR count). The highest BCUT2D eigenvalue weighted by molar-refractivity contribution is 5.99. The normalized spacial score (nSPS) is 10.2. The van der Waals surface area contributed by atoms with Crippen LogP contribution in [0.2, 0.25) is 0 Å². The molecular formula is C19H21NO3. The lowest BCUT2D eigenvalue weighted by Crippen LogP contribution is -2.14. The number of anilines is 1. The molecule has 0 radical (unpaired) electrons. The first-order valence-corrected chi connectivity index (χ1v) is 7.58. The minimum Gasteiger partial charge on any atom is -0.454 e. The van der Waals surface area contributed by atoms with E-state index in [2.05, 4.69) is 6.92 Å². The van der Waals surface area contributed by atoms with Crippen LogP contribution in [0.15, 0.2) is 48.5 Å². The molecule has 0 fully saturated rings. The van der Waals surface area contributed by atoms with Gasteiger partial charge in [0.1, 0.15) is 0 Å². The summed E-state index contributed by atoms with van der Waals surface area (Å²) in [6, 6.07) is 14.4. The lowest BCUT2D eigenvalue weighted by Gasteiger charge is -2.12. The Hall–Kier alpha value is -2.62. The van der Waals surface area contributed by atoms with E-state index in [1.165, 1.54) is 5.56 Å². The quantitative estimate of drug-likeness (QED) is 0.606. The molecule has 2 aromatic rings. The SMILES string of the molecule is CCc1ccc(C(=O)COC(=O)c2ccc(N(C)C)cc2)cc1. The zero-order valence-corrected chi connectivity index (χ0v) is 13.7. The Balaban J connectivity index is 1.93. The molecule has 0 aliphatic carbocycles. The predicted octanol–water partition coefficient (Wildman–Crippen LogP) is 3.35. The molecule has 120 valence electrons. The van der Waals surface area contributed by atoms with Crippen molar-refractivity contribution in [3.8, 4) is 0 Å². The van der Waals surface area contributed by atoms with Crippen molar-refractivity contribution in [2.75, 3.05) is 25.6 Å². The van der Waals surface area contributed by atoms with Gasteiger partial charge >= 0.3 is 5.97 Å². The van der Waals surface area contributed by atoms with Crippen LogP contribution >= 0.6 is 0 Å². The van der Waals surface area contributed by atoms with Crippen LogP contribution in [0, 0.1) is 0 Å². The highest BCUT2D eigenvalue weighted by atomic mass is 16.5. The Morgan fingerprint density at radius 2 is 1.48 bits per heavy atom. The summed E-state index contributed by atoms with van der Waals surface area (Å²) < 4.78 is 5.10. The lowest BCUT2D eigenvalue weighted by atomic mass is 10.1. The molecular weight excluding hydrogens is 290 g/mol. The molecule has 0 aromatic heterocycles. The molecule has 23 heavy (non-hydrogen) atoms. The van der Waals surface area contributed by atoms with Gasteiger partial charge in [-0.2, -0.15) is 0 Å². The smallest absolute Gasteiger partial charge is 0.338 e. The van der Waals surface area contributed by atoms with Gasteiger partial charge in [0.2, 0.25) is 0 Å². The number of ether oxygens (including phenoxy) is 1. The number of hydrogen-bond donors (Lipinski definition) is 0. The van der Waals surface area contributed by atoms with Crippen LogP contribution in [0.1, 0.15) is 33.2 Å². The third kappa shape index (κ3) is 4.42. The molecule has 0 spiro atoms. The summed E-state index contributed by atoms with van der Waals surface area (Å²) in [5.41, 5.74) is 3.15. The van der Waals surface area contributed by atoms with Crippen molar-refractivity contribution in [3.63, 3.8) is 0 Å². The van der Waals surface area contributed by atoms with Crippen LogP contribution in [0.3, 0.4) is 0 Å². The molecule has 0 heterocycles. The summed E-state index contributed by atoms with van der Waals surface area (Å²) in [4.78, 5) is 26.0. The Bertz CT molecular complexity index is 673. The van der Waals surface area contributed by atoms with E-state index in [0.29, 0.717) is 11.1 Å². The summed E-state index contributed by atoms with van der Waals surface area (Å²) >= 11 is 0. The van der Waals surface area contributed by atoms with E-state index >= 15 is 0 Å². The number of ketones is 1. The van der Waals surface area contributed by atoms with Crippen LogP contribution in [0.5, 0.6) is 0 Å². The van der Waals surface area contributed by atoms with Crippen LogP contribution < -0.4 is 4.90 Å². The fourth-order valence-electron chi connectivity index (χ4n) is 2.12. The number of hydrogen-bond acceptors (Lipinski definition) is 4. The average molecular weight is 311 g/mol. The van der Waals surface area contributed by atoms with Crippen molar-refractivity contribution in [3.05, 3.63) is 65.2 Å². The number of esters is 1. The number of nitrogens with zero attached hydrogens (tertiary/aromatic N) is 1. The van der Waals surface area contributed by atoms with Crippen molar-refractivity contribution in [2.24, 2.45) is 0 Å². The minimum absolute atomic E-state index is 0.203. The van der Waals surface area contributed by atoms with Gasteiger partial charge in [-0.1, -0.05) is 31.2 Å². The van der Waals surface area contributed by atoms with Crippen molar-refractivity contribution < 1.29 is 14.3 Å².